The van der Waals surface area contributed by atoms with Crippen LogP contribution in [0.4, 0.5) is 0 Å². The quantitative estimate of drug-likeness (QED) is 0.430. The summed E-state index contributed by atoms with van der Waals surface area (Å²) in [5, 5.41) is 29.2. The molecule has 0 amide bonds. The highest BCUT2D eigenvalue weighted by atomic mass is 16.8. The number of carbonyl (C=O) groups is 2. The molecule has 138 valence electrons. The zero-order valence-corrected chi connectivity index (χ0v) is 14.0. The number of aliphatic hydroxyl groups excluding tert-OH is 3. The molecule has 2 aliphatic rings. The molecule has 0 unspecified atom stereocenters. The number of hydrogen-bond acceptors (Lipinski definition) is 8. The molecule has 2 fully saturated rings. The molecule has 8 heteroatoms. The molecular weight excluding hydrogens is 320 g/mol. The molecule has 0 aromatic rings. The second-order valence-corrected chi connectivity index (χ2v) is 6.52. The summed E-state index contributed by atoms with van der Waals surface area (Å²) in [6.45, 7) is 3.06. The van der Waals surface area contributed by atoms with E-state index in [9.17, 15) is 19.8 Å². The molecule has 0 radical (unpaired) electrons. The van der Waals surface area contributed by atoms with Gasteiger partial charge in [0.2, 0.25) is 0 Å². The lowest BCUT2D eigenvalue weighted by Crippen LogP contribution is -2.67. The van der Waals surface area contributed by atoms with Crippen molar-refractivity contribution in [3.8, 4) is 0 Å². The lowest BCUT2D eigenvalue weighted by Gasteiger charge is -2.50. The van der Waals surface area contributed by atoms with Crippen LogP contribution in [-0.2, 0) is 23.8 Å². The second-order valence-electron chi connectivity index (χ2n) is 6.52. The van der Waals surface area contributed by atoms with Crippen LogP contribution in [0.25, 0.3) is 0 Å². The van der Waals surface area contributed by atoms with Gasteiger partial charge in [-0.25, -0.2) is 4.79 Å². The van der Waals surface area contributed by atoms with Crippen LogP contribution in [0.15, 0.2) is 0 Å². The summed E-state index contributed by atoms with van der Waals surface area (Å²) in [6.07, 6.45) is -1.95. The highest BCUT2D eigenvalue weighted by molar-refractivity contribution is 5.83. The maximum Gasteiger partial charge on any atom is 0.380 e. The van der Waals surface area contributed by atoms with Crippen LogP contribution in [0.3, 0.4) is 0 Å². The third kappa shape index (κ3) is 3.72. The van der Waals surface area contributed by atoms with E-state index >= 15 is 0 Å². The highest BCUT2D eigenvalue weighted by Gasteiger charge is 2.61. The van der Waals surface area contributed by atoms with Gasteiger partial charge in [-0.15, -0.1) is 0 Å². The number of hydrogen-bond donors (Lipinski definition) is 3. The van der Waals surface area contributed by atoms with Gasteiger partial charge in [0.05, 0.1) is 19.1 Å². The van der Waals surface area contributed by atoms with Crippen molar-refractivity contribution in [3.05, 3.63) is 0 Å². The molecule has 0 aromatic heterocycles. The Morgan fingerprint density at radius 3 is 2.79 bits per heavy atom. The molecule has 3 N–H and O–H groups in total. The van der Waals surface area contributed by atoms with Gasteiger partial charge in [0.25, 0.3) is 0 Å². The highest BCUT2D eigenvalue weighted by Crippen LogP contribution is 2.41. The Morgan fingerprint density at radius 2 is 2.17 bits per heavy atom. The Labute approximate surface area is 140 Å². The van der Waals surface area contributed by atoms with Gasteiger partial charge < -0.3 is 29.5 Å². The van der Waals surface area contributed by atoms with Crippen LogP contribution >= 0.6 is 0 Å². The number of rotatable bonds is 7. The Hall–Kier alpha value is -1.22. The fourth-order valence-electron chi connectivity index (χ4n) is 3.10. The first-order valence-electron chi connectivity index (χ1n) is 8.42. The Kier molecular flexibility index (Phi) is 6.19. The summed E-state index contributed by atoms with van der Waals surface area (Å²) in [4.78, 5) is 24.4. The zero-order chi connectivity index (χ0) is 17.9. The van der Waals surface area contributed by atoms with Gasteiger partial charge in [-0.2, -0.15) is 0 Å². The first-order valence-corrected chi connectivity index (χ1v) is 8.42. The van der Waals surface area contributed by atoms with Gasteiger partial charge in [0, 0.05) is 12.3 Å². The van der Waals surface area contributed by atoms with Crippen LogP contribution in [0.1, 0.15) is 46.0 Å². The first kappa shape index (κ1) is 19.1. The summed E-state index contributed by atoms with van der Waals surface area (Å²) in [6, 6.07) is 0. The van der Waals surface area contributed by atoms with E-state index in [1.54, 1.807) is 6.92 Å². The van der Waals surface area contributed by atoms with Gasteiger partial charge in [0.1, 0.15) is 12.2 Å². The fourth-order valence-corrected chi connectivity index (χ4v) is 3.10. The number of aliphatic hydroxyl groups is 3. The largest absolute Gasteiger partial charge is 0.452 e. The molecule has 2 aliphatic heterocycles. The van der Waals surface area contributed by atoms with E-state index in [0.29, 0.717) is 6.42 Å². The number of carbonyl (C=O) groups excluding carboxylic acids is 2. The van der Waals surface area contributed by atoms with Gasteiger partial charge in [0.15, 0.2) is 6.10 Å². The van der Waals surface area contributed by atoms with E-state index in [0.717, 1.165) is 12.8 Å². The predicted molar refractivity (Wildman–Crippen MR) is 80.6 cm³/mol. The minimum absolute atomic E-state index is 0.144. The molecular formula is C16H26O8. The van der Waals surface area contributed by atoms with Gasteiger partial charge in [-0.05, 0) is 6.42 Å². The van der Waals surface area contributed by atoms with Crippen molar-refractivity contribution in [3.63, 3.8) is 0 Å². The Bertz CT molecular complexity index is 467. The van der Waals surface area contributed by atoms with Crippen LogP contribution in [0, 0.1) is 5.92 Å². The monoisotopic (exact) mass is 346 g/mol. The van der Waals surface area contributed by atoms with E-state index in [-0.39, 0.29) is 12.8 Å². The van der Waals surface area contributed by atoms with Crippen molar-refractivity contribution in [2.24, 2.45) is 5.92 Å². The number of esters is 2. The number of unbranched alkanes of at least 4 members (excludes halogenated alkanes) is 2. The minimum Gasteiger partial charge on any atom is -0.452 e. The van der Waals surface area contributed by atoms with Crippen molar-refractivity contribution in [1.29, 1.82) is 0 Å². The van der Waals surface area contributed by atoms with Crippen LogP contribution in [0.5, 0.6) is 0 Å². The molecule has 24 heavy (non-hydrogen) atoms. The molecule has 2 heterocycles. The van der Waals surface area contributed by atoms with E-state index in [4.69, 9.17) is 19.3 Å². The number of ether oxygens (including phenoxy) is 3. The van der Waals surface area contributed by atoms with Crippen molar-refractivity contribution in [2.75, 3.05) is 6.61 Å². The van der Waals surface area contributed by atoms with Crippen molar-refractivity contribution < 1.29 is 39.1 Å². The van der Waals surface area contributed by atoms with Crippen molar-refractivity contribution in [2.45, 2.75) is 76.2 Å². The van der Waals surface area contributed by atoms with E-state index < -0.39 is 54.7 Å². The lowest BCUT2D eigenvalue weighted by atomic mass is 9.83. The fraction of sp³-hybridized carbons (Fsp3) is 0.875. The zero-order valence-electron chi connectivity index (χ0n) is 14.0. The average Bonchev–Trinajstić information content (AvgIpc) is 2.54. The van der Waals surface area contributed by atoms with E-state index in [1.165, 1.54) is 0 Å². The second kappa shape index (κ2) is 7.77. The van der Waals surface area contributed by atoms with Crippen LogP contribution in [0.2, 0.25) is 0 Å². The molecule has 2 bridgehead atoms. The molecule has 0 spiro atoms. The molecule has 0 aromatic carbocycles. The third-order valence-corrected chi connectivity index (χ3v) is 4.64. The smallest absolute Gasteiger partial charge is 0.380 e. The van der Waals surface area contributed by atoms with E-state index in [2.05, 4.69) is 0 Å². The normalized spacial score (nSPS) is 36.8. The summed E-state index contributed by atoms with van der Waals surface area (Å²) >= 11 is 0. The number of cyclic esters (lactones) is 1. The summed E-state index contributed by atoms with van der Waals surface area (Å²) in [5.74, 6) is -4.00. The molecule has 2 saturated heterocycles. The SMILES string of the molecule is CCCCCC(=O)O[C@@]12C[C@H](O)[C@@H](C)[C@@H](O1)[C@@H]([C@H](O)CO)OC2=O. The third-order valence-electron chi connectivity index (χ3n) is 4.64. The lowest BCUT2D eigenvalue weighted by molar-refractivity contribution is -0.339. The summed E-state index contributed by atoms with van der Waals surface area (Å²) in [5.41, 5.74) is 0. The van der Waals surface area contributed by atoms with Crippen molar-refractivity contribution in [1.82, 2.24) is 0 Å². The standard InChI is InChI=1S/C16H26O8/c1-3-4-5-6-12(20)23-16-7-10(18)9(2)13(24-16)14(11(19)8-17)22-15(16)21/h9-11,13-14,17-19H,3-8H2,1-2H3/t9-,10+,11-,13-,14-,16+/m1/s1. The molecule has 0 saturated carbocycles. The van der Waals surface area contributed by atoms with Crippen LogP contribution < -0.4 is 0 Å². The maximum atomic E-state index is 12.3. The average molecular weight is 346 g/mol. The number of fused-ring (bicyclic) bond motifs is 2. The van der Waals surface area contributed by atoms with Gasteiger partial charge in [-0.3, -0.25) is 4.79 Å². The maximum absolute atomic E-state index is 12.3. The predicted octanol–water partition coefficient (Wildman–Crippen LogP) is -0.129. The van der Waals surface area contributed by atoms with E-state index in [1.807, 2.05) is 6.92 Å². The Morgan fingerprint density at radius 1 is 1.46 bits per heavy atom. The molecule has 2 rings (SSSR count). The summed E-state index contributed by atoms with van der Waals surface area (Å²) < 4.78 is 16.1. The molecule has 0 aliphatic carbocycles. The van der Waals surface area contributed by atoms with Crippen molar-refractivity contribution >= 4 is 11.9 Å². The Balaban J connectivity index is 2.14. The van der Waals surface area contributed by atoms with Crippen LogP contribution in [-0.4, -0.2) is 64.1 Å². The molecule has 6 atom stereocenters. The first-order chi connectivity index (χ1) is 11.3. The topological polar surface area (TPSA) is 123 Å². The molecule has 8 nitrogen and oxygen atoms in total. The van der Waals surface area contributed by atoms with Gasteiger partial charge >= 0.3 is 17.7 Å². The van der Waals surface area contributed by atoms with Gasteiger partial charge in [-0.1, -0.05) is 26.7 Å². The summed E-state index contributed by atoms with van der Waals surface area (Å²) in [7, 11) is 0. The minimum atomic E-state index is -1.98.